The zero-order valence-electron chi connectivity index (χ0n) is 10.2. The van der Waals surface area contributed by atoms with E-state index in [0.717, 1.165) is 12.5 Å². The second-order valence-corrected chi connectivity index (χ2v) is 4.43. The largest absolute Gasteiger partial charge is 0.330 e. The first-order chi connectivity index (χ1) is 6.85. The smallest absolute Gasteiger partial charge is 0.00773 e. The van der Waals surface area contributed by atoms with Gasteiger partial charge in [0, 0.05) is 0 Å². The number of hydrogen-bond donors (Lipinski definition) is 1. The molecular weight excluding hydrogens is 170 g/mol. The predicted molar refractivity (Wildman–Crippen MR) is 65.4 cm³/mol. The molecule has 14 heavy (non-hydrogen) atoms. The summed E-state index contributed by atoms with van der Waals surface area (Å²) in [6.45, 7) is 5.45. The van der Waals surface area contributed by atoms with Crippen LogP contribution in [0.1, 0.15) is 71.6 Å². The summed E-state index contributed by atoms with van der Waals surface area (Å²) in [5.41, 5.74) is 5.51. The molecule has 0 aromatic carbocycles. The summed E-state index contributed by atoms with van der Waals surface area (Å²) in [4.78, 5) is 0. The average Bonchev–Trinajstić information content (AvgIpc) is 2.21. The minimum atomic E-state index is 0.869. The average molecular weight is 199 g/mol. The highest BCUT2D eigenvalue weighted by atomic mass is 14.5. The van der Waals surface area contributed by atoms with E-state index in [1.165, 1.54) is 57.8 Å². The van der Waals surface area contributed by atoms with Crippen molar-refractivity contribution in [1.29, 1.82) is 0 Å². The van der Waals surface area contributed by atoms with Crippen LogP contribution in [0.2, 0.25) is 0 Å². The molecule has 0 amide bonds. The van der Waals surface area contributed by atoms with E-state index in [9.17, 15) is 0 Å². The molecule has 0 aromatic heterocycles. The van der Waals surface area contributed by atoms with Gasteiger partial charge < -0.3 is 5.73 Å². The standard InChI is InChI=1S/C13H29N/c1-3-5-9-13(10-6-4-2)11-7-8-12-14/h13H,3-12,14H2,1-2H3. The first-order valence-electron chi connectivity index (χ1n) is 6.55. The van der Waals surface area contributed by atoms with Crippen LogP contribution < -0.4 is 5.73 Å². The third-order valence-corrected chi connectivity index (χ3v) is 3.00. The first kappa shape index (κ1) is 14.0. The maximum Gasteiger partial charge on any atom is -0.00773 e. The van der Waals surface area contributed by atoms with Gasteiger partial charge in [-0.3, -0.25) is 0 Å². The summed E-state index contributed by atoms with van der Waals surface area (Å²) in [6.07, 6.45) is 12.4. The molecular formula is C13H29N. The lowest BCUT2D eigenvalue weighted by atomic mass is 9.91. The van der Waals surface area contributed by atoms with Crippen molar-refractivity contribution in [3.8, 4) is 0 Å². The van der Waals surface area contributed by atoms with E-state index in [0.29, 0.717) is 0 Å². The third-order valence-electron chi connectivity index (χ3n) is 3.00. The Kier molecular flexibility index (Phi) is 11.0. The van der Waals surface area contributed by atoms with Crippen LogP contribution in [0.4, 0.5) is 0 Å². The molecule has 0 aliphatic rings. The molecule has 0 bridgehead atoms. The van der Waals surface area contributed by atoms with Gasteiger partial charge in [0.15, 0.2) is 0 Å². The molecule has 0 spiro atoms. The number of hydrogen-bond acceptors (Lipinski definition) is 1. The fourth-order valence-electron chi connectivity index (χ4n) is 2.00. The van der Waals surface area contributed by atoms with Crippen LogP contribution >= 0.6 is 0 Å². The molecule has 1 heteroatoms. The van der Waals surface area contributed by atoms with Gasteiger partial charge in [-0.1, -0.05) is 65.2 Å². The second kappa shape index (κ2) is 11.0. The Bertz CT molecular complexity index is 93.4. The first-order valence-corrected chi connectivity index (χ1v) is 6.55. The van der Waals surface area contributed by atoms with Crippen LogP contribution in [-0.4, -0.2) is 6.54 Å². The Labute approximate surface area is 90.5 Å². The van der Waals surface area contributed by atoms with Crippen LogP contribution in [0.25, 0.3) is 0 Å². The minimum absolute atomic E-state index is 0.869. The van der Waals surface area contributed by atoms with Crippen molar-refractivity contribution in [3.63, 3.8) is 0 Å². The van der Waals surface area contributed by atoms with Gasteiger partial charge in [0.05, 0.1) is 0 Å². The maximum atomic E-state index is 5.51. The normalized spacial score (nSPS) is 11.1. The van der Waals surface area contributed by atoms with Crippen LogP contribution in [0.5, 0.6) is 0 Å². The molecule has 2 N–H and O–H groups in total. The SMILES string of the molecule is CCCCC(CCCC)CCCCN. The molecule has 0 radical (unpaired) electrons. The fraction of sp³-hybridized carbons (Fsp3) is 1.00. The Morgan fingerprint density at radius 3 is 1.71 bits per heavy atom. The molecule has 0 rings (SSSR count). The van der Waals surface area contributed by atoms with E-state index in [1.807, 2.05) is 0 Å². The van der Waals surface area contributed by atoms with Gasteiger partial charge in [-0.05, 0) is 18.9 Å². The topological polar surface area (TPSA) is 26.0 Å². The highest BCUT2D eigenvalue weighted by Gasteiger charge is 2.06. The van der Waals surface area contributed by atoms with Crippen molar-refractivity contribution in [2.75, 3.05) is 6.54 Å². The molecule has 1 nitrogen and oxygen atoms in total. The Morgan fingerprint density at radius 1 is 0.786 bits per heavy atom. The number of unbranched alkanes of at least 4 members (excludes halogenated alkanes) is 3. The summed E-state index contributed by atoms with van der Waals surface area (Å²) < 4.78 is 0. The van der Waals surface area contributed by atoms with Gasteiger partial charge in [0.25, 0.3) is 0 Å². The minimum Gasteiger partial charge on any atom is -0.330 e. The lowest BCUT2D eigenvalue weighted by Gasteiger charge is -2.15. The molecule has 0 fully saturated rings. The van der Waals surface area contributed by atoms with Gasteiger partial charge in [-0.15, -0.1) is 0 Å². The Balaban J connectivity index is 3.49. The second-order valence-electron chi connectivity index (χ2n) is 4.43. The highest BCUT2D eigenvalue weighted by Crippen LogP contribution is 2.21. The highest BCUT2D eigenvalue weighted by molar-refractivity contribution is 4.60. The zero-order chi connectivity index (χ0) is 10.6. The summed E-state index contributed by atoms with van der Waals surface area (Å²) in [5.74, 6) is 0.987. The molecule has 0 aliphatic carbocycles. The van der Waals surface area contributed by atoms with E-state index in [1.54, 1.807) is 0 Å². The molecule has 0 atom stereocenters. The summed E-state index contributed by atoms with van der Waals surface area (Å²) in [7, 11) is 0. The van der Waals surface area contributed by atoms with E-state index >= 15 is 0 Å². The Morgan fingerprint density at radius 2 is 1.29 bits per heavy atom. The van der Waals surface area contributed by atoms with Crippen LogP contribution in [0.15, 0.2) is 0 Å². The van der Waals surface area contributed by atoms with Crippen LogP contribution in [0, 0.1) is 5.92 Å². The summed E-state index contributed by atoms with van der Waals surface area (Å²) in [5, 5.41) is 0. The van der Waals surface area contributed by atoms with Crippen molar-refractivity contribution in [3.05, 3.63) is 0 Å². The van der Waals surface area contributed by atoms with Crippen molar-refractivity contribution >= 4 is 0 Å². The molecule has 86 valence electrons. The van der Waals surface area contributed by atoms with Crippen molar-refractivity contribution in [1.82, 2.24) is 0 Å². The van der Waals surface area contributed by atoms with Gasteiger partial charge in [0.2, 0.25) is 0 Å². The molecule has 0 aliphatic heterocycles. The number of rotatable bonds is 10. The lowest BCUT2D eigenvalue weighted by molar-refractivity contribution is 0.381. The maximum absolute atomic E-state index is 5.51. The van der Waals surface area contributed by atoms with Gasteiger partial charge in [-0.25, -0.2) is 0 Å². The Hall–Kier alpha value is -0.0400. The van der Waals surface area contributed by atoms with E-state index in [-0.39, 0.29) is 0 Å². The fourth-order valence-corrected chi connectivity index (χ4v) is 2.00. The predicted octanol–water partition coefficient (Wildman–Crippen LogP) is 4.11. The van der Waals surface area contributed by atoms with Gasteiger partial charge in [-0.2, -0.15) is 0 Å². The van der Waals surface area contributed by atoms with E-state index < -0.39 is 0 Å². The van der Waals surface area contributed by atoms with Crippen molar-refractivity contribution in [2.24, 2.45) is 11.7 Å². The zero-order valence-corrected chi connectivity index (χ0v) is 10.2. The third kappa shape index (κ3) is 8.55. The van der Waals surface area contributed by atoms with Crippen LogP contribution in [0.3, 0.4) is 0 Å². The monoisotopic (exact) mass is 199 g/mol. The quantitative estimate of drug-likeness (QED) is 0.526. The molecule has 0 unspecified atom stereocenters. The molecule has 0 saturated heterocycles. The van der Waals surface area contributed by atoms with Gasteiger partial charge >= 0.3 is 0 Å². The molecule has 0 saturated carbocycles. The summed E-state index contributed by atoms with van der Waals surface area (Å²) in [6, 6.07) is 0. The molecule has 0 aromatic rings. The van der Waals surface area contributed by atoms with Crippen molar-refractivity contribution < 1.29 is 0 Å². The van der Waals surface area contributed by atoms with Crippen LogP contribution in [-0.2, 0) is 0 Å². The van der Waals surface area contributed by atoms with E-state index in [4.69, 9.17) is 5.73 Å². The summed E-state index contributed by atoms with van der Waals surface area (Å²) >= 11 is 0. The van der Waals surface area contributed by atoms with Gasteiger partial charge in [0.1, 0.15) is 0 Å². The lowest BCUT2D eigenvalue weighted by Crippen LogP contribution is -2.03. The van der Waals surface area contributed by atoms with E-state index in [2.05, 4.69) is 13.8 Å². The van der Waals surface area contributed by atoms with Crippen molar-refractivity contribution in [2.45, 2.75) is 71.6 Å². The number of nitrogens with two attached hydrogens (primary N) is 1. The molecule has 0 heterocycles.